The number of anilines is 1. The third-order valence-electron chi connectivity index (χ3n) is 5.12. The summed E-state index contributed by atoms with van der Waals surface area (Å²) in [5, 5.41) is 0. The number of aromatic nitrogens is 2. The van der Waals surface area contributed by atoms with Crippen molar-refractivity contribution >= 4 is 17.8 Å². The van der Waals surface area contributed by atoms with E-state index in [-0.39, 0.29) is 12.0 Å². The van der Waals surface area contributed by atoms with Gasteiger partial charge in [-0.25, -0.2) is 14.8 Å². The zero-order valence-electron chi connectivity index (χ0n) is 16.5. The molecule has 0 radical (unpaired) electrons. The molecule has 2 aliphatic rings. The number of amides is 2. The van der Waals surface area contributed by atoms with E-state index in [4.69, 9.17) is 4.74 Å². The van der Waals surface area contributed by atoms with Crippen molar-refractivity contribution < 1.29 is 14.3 Å². The highest BCUT2D eigenvalue weighted by Gasteiger charge is 2.27. The molecule has 3 rings (SSSR count). The number of hydrogen-bond donors (Lipinski definition) is 0. The fourth-order valence-corrected chi connectivity index (χ4v) is 3.69. The summed E-state index contributed by atoms with van der Waals surface area (Å²) in [4.78, 5) is 39.3. The second-order valence-corrected chi connectivity index (χ2v) is 7.33. The lowest BCUT2D eigenvalue weighted by atomic mass is 10.0. The predicted molar refractivity (Wildman–Crippen MR) is 102 cm³/mol. The van der Waals surface area contributed by atoms with Crippen molar-refractivity contribution in [1.82, 2.24) is 19.8 Å². The maximum absolute atomic E-state index is 12.9. The normalized spacial score (nSPS) is 20.6. The number of hydrogen-bond acceptors (Lipinski definition) is 6. The van der Waals surface area contributed by atoms with Crippen LogP contribution in [0, 0.1) is 12.8 Å². The fraction of sp³-hybridized carbons (Fsp3) is 0.684. The van der Waals surface area contributed by atoms with Gasteiger partial charge in [-0.3, -0.25) is 4.79 Å². The molecule has 148 valence electrons. The fourth-order valence-electron chi connectivity index (χ4n) is 3.69. The van der Waals surface area contributed by atoms with Crippen LogP contribution < -0.4 is 4.90 Å². The van der Waals surface area contributed by atoms with E-state index in [2.05, 4.69) is 21.8 Å². The molecule has 2 aliphatic heterocycles. The molecule has 0 saturated carbocycles. The van der Waals surface area contributed by atoms with Gasteiger partial charge in [0, 0.05) is 45.3 Å². The van der Waals surface area contributed by atoms with Crippen molar-refractivity contribution in [3.05, 3.63) is 17.6 Å². The van der Waals surface area contributed by atoms with Crippen LogP contribution in [-0.4, -0.2) is 77.6 Å². The number of carbonyl (C=O) groups is 2. The zero-order valence-corrected chi connectivity index (χ0v) is 16.5. The zero-order chi connectivity index (χ0) is 19.4. The molecule has 2 fully saturated rings. The van der Waals surface area contributed by atoms with Gasteiger partial charge in [-0.1, -0.05) is 6.92 Å². The van der Waals surface area contributed by atoms with Crippen molar-refractivity contribution in [3.63, 3.8) is 0 Å². The van der Waals surface area contributed by atoms with Crippen molar-refractivity contribution in [2.45, 2.75) is 33.6 Å². The van der Waals surface area contributed by atoms with E-state index in [9.17, 15) is 9.59 Å². The Morgan fingerprint density at radius 1 is 1.15 bits per heavy atom. The van der Waals surface area contributed by atoms with E-state index in [1.165, 1.54) is 6.42 Å². The minimum Gasteiger partial charge on any atom is -0.450 e. The van der Waals surface area contributed by atoms with Crippen LogP contribution in [0.3, 0.4) is 0 Å². The minimum atomic E-state index is -0.316. The Balaban J connectivity index is 1.67. The van der Waals surface area contributed by atoms with Crippen LogP contribution in [0.2, 0.25) is 0 Å². The van der Waals surface area contributed by atoms with Gasteiger partial charge in [-0.2, -0.15) is 0 Å². The highest BCUT2D eigenvalue weighted by atomic mass is 16.6. The standard InChI is InChI=1S/C19H29N5O3/c1-4-27-19(26)23-10-8-22(9-11-23)18(25)16-12-17(21-15(3)20-16)24-7-5-6-14(2)13-24/h12,14H,4-11,13H2,1-3H3. The van der Waals surface area contributed by atoms with Crippen LogP contribution in [0.5, 0.6) is 0 Å². The van der Waals surface area contributed by atoms with Gasteiger partial charge >= 0.3 is 6.09 Å². The van der Waals surface area contributed by atoms with Gasteiger partial charge < -0.3 is 19.4 Å². The molecular weight excluding hydrogens is 346 g/mol. The number of carbonyl (C=O) groups excluding carboxylic acids is 2. The monoisotopic (exact) mass is 375 g/mol. The van der Waals surface area contributed by atoms with Gasteiger partial charge in [0.2, 0.25) is 0 Å². The first kappa shape index (κ1) is 19.4. The second kappa shape index (κ2) is 8.54. The lowest BCUT2D eigenvalue weighted by Crippen LogP contribution is -2.51. The van der Waals surface area contributed by atoms with Crippen LogP contribution in [0.25, 0.3) is 0 Å². The number of piperidine rings is 1. The van der Waals surface area contributed by atoms with Gasteiger partial charge in [0.25, 0.3) is 5.91 Å². The molecule has 8 heteroatoms. The Labute approximate surface area is 160 Å². The molecule has 8 nitrogen and oxygen atoms in total. The lowest BCUT2D eigenvalue weighted by molar-refractivity contribution is 0.0565. The van der Waals surface area contributed by atoms with E-state index in [0.29, 0.717) is 50.2 Å². The Morgan fingerprint density at radius 2 is 1.85 bits per heavy atom. The molecule has 0 aromatic carbocycles. The van der Waals surface area contributed by atoms with Crippen LogP contribution in [0.15, 0.2) is 6.07 Å². The second-order valence-electron chi connectivity index (χ2n) is 7.33. The highest BCUT2D eigenvalue weighted by molar-refractivity contribution is 5.93. The van der Waals surface area contributed by atoms with Crippen LogP contribution >= 0.6 is 0 Å². The van der Waals surface area contributed by atoms with E-state index in [1.54, 1.807) is 16.7 Å². The number of ether oxygens (including phenoxy) is 1. The molecule has 0 aliphatic carbocycles. The summed E-state index contributed by atoms with van der Waals surface area (Å²) in [5.74, 6) is 1.97. The first-order chi connectivity index (χ1) is 13.0. The number of aryl methyl sites for hydroxylation is 1. The summed E-state index contributed by atoms with van der Waals surface area (Å²) in [6, 6.07) is 1.81. The van der Waals surface area contributed by atoms with Gasteiger partial charge in [-0.05, 0) is 32.6 Å². The summed E-state index contributed by atoms with van der Waals surface area (Å²) in [7, 11) is 0. The molecule has 1 aromatic rings. The molecular formula is C19H29N5O3. The average molecular weight is 375 g/mol. The van der Waals surface area contributed by atoms with E-state index in [0.717, 1.165) is 25.3 Å². The van der Waals surface area contributed by atoms with Crippen molar-refractivity contribution in [2.24, 2.45) is 5.92 Å². The summed E-state index contributed by atoms with van der Waals surface area (Å²) < 4.78 is 5.03. The maximum Gasteiger partial charge on any atom is 0.409 e. The quantitative estimate of drug-likeness (QED) is 0.803. The first-order valence-electron chi connectivity index (χ1n) is 9.79. The summed E-state index contributed by atoms with van der Waals surface area (Å²) in [6.45, 7) is 10.1. The van der Waals surface area contributed by atoms with Gasteiger partial charge in [0.05, 0.1) is 6.61 Å². The molecule has 27 heavy (non-hydrogen) atoms. The molecule has 1 atom stereocenters. The van der Waals surface area contributed by atoms with Crippen LogP contribution in [0.4, 0.5) is 10.6 Å². The Kier molecular flexibility index (Phi) is 6.13. The predicted octanol–water partition coefficient (Wildman–Crippen LogP) is 1.94. The minimum absolute atomic E-state index is 0.102. The Hall–Kier alpha value is -2.38. The summed E-state index contributed by atoms with van der Waals surface area (Å²) >= 11 is 0. The average Bonchev–Trinajstić information content (AvgIpc) is 2.67. The topological polar surface area (TPSA) is 78.9 Å². The number of rotatable bonds is 3. The third kappa shape index (κ3) is 4.67. The Morgan fingerprint density at radius 3 is 2.52 bits per heavy atom. The summed E-state index contributed by atoms with van der Waals surface area (Å²) in [6.07, 6.45) is 2.06. The number of piperazine rings is 1. The van der Waals surface area contributed by atoms with E-state index < -0.39 is 0 Å². The molecule has 1 unspecified atom stereocenters. The summed E-state index contributed by atoms with van der Waals surface area (Å²) in [5.41, 5.74) is 0.431. The molecule has 2 amide bonds. The largest absolute Gasteiger partial charge is 0.450 e. The number of nitrogens with zero attached hydrogens (tertiary/aromatic N) is 5. The first-order valence-corrected chi connectivity index (χ1v) is 9.79. The molecule has 0 spiro atoms. The molecule has 0 bridgehead atoms. The van der Waals surface area contributed by atoms with Crippen LogP contribution in [0.1, 0.15) is 43.0 Å². The van der Waals surface area contributed by atoms with Gasteiger partial charge in [0.15, 0.2) is 0 Å². The SMILES string of the molecule is CCOC(=O)N1CCN(C(=O)c2cc(N3CCCC(C)C3)nc(C)n2)CC1. The van der Waals surface area contributed by atoms with Crippen molar-refractivity contribution in [3.8, 4) is 0 Å². The third-order valence-corrected chi connectivity index (χ3v) is 5.12. The lowest BCUT2D eigenvalue weighted by Gasteiger charge is -2.34. The van der Waals surface area contributed by atoms with Crippen LogP contribution in [-0.2, 0) is 4.74 Å². The van der Waals surface area contributed by atoms with Gasteiger partial charge in [-0.15, -0.1) is 0 Å². The smallest absolute Gasteiger partial charge is 0.409 e. The maximum atomic E-state index is 12.9. The van der Waals surface area contributed by atoms with Crippen molar-refractivity contribution in [2.75, 3.05) is 50.8 Å². The van der Waals surface area contributed by atoms with E-state index in [1.807, 2.05) is 13.0 Å². The van der Waals surface area contributed by atoms with Gasteiger partial charge in [0.1, 0.15) is 17.3 Å². The molecule has 3 heterocycles. The highest BCUT2D eigenvalue weighted by Crippen LogP contribution is 2.22. The molecule has 0 N–H and O–H groups in total. The van der Waals surface area contributed by atoms with E-state index >= 15 is 0 Å². The molecule has 2 saturated heterocycles. The Bertz CT molecular complexity index is 688. The molecule has 1 aromatic heterocycles. The van der Waals surface area contributed by atoms with Crippen molar-refractivity contribution in [1.29, 1.82) is 0 Å².